The Morgan fingerprint density at radius 3 is 2.83 bits per heavy atom. The van der Waals surface area contributed by atoms with Crippen molar-refractivity contribution in [3.63, 3.8) is 0 Å². The van der Waals surface area contributed by atoms with Crippen molar-refractivity contribution in [1.82, 2.24) is 19.6 Å². The van der Waals surface area contributed by atoms with E-state index in [1.807, 2.05) is 36.4 Å². The number of nitrogens with two attached hydrogens (primary N) is 1. The van der Waals surface area contributed by atoms with E-state index < -0.39 is 29.2 Å². The molecule has 1 saturated heterocycles. The predicted molar refractivity (Wildman–Crippen MR) is 135 cm³/mol. The van der Waals surface area contributed by atoms with E-state index >= 15 is 0 Å². The number of hydrogen-bond acceptors (Lipinski definition) is 11. The van der Waals surface area contributed by atoms with Gasteiger partial charge in [-0.2, -0.15) is 9.36 Å². The molecule has 1 aromatic heterocycles. The Kier molecular flexibility index (Phi) is 7.73. The second-order valence-electron chi connectivity index (χ2n) is 7.08. The third-order valence-corrected chi connectivity index (χ3v) is 7.75. The maximum atomic E-state index is 12.9. The van der Waals surface area contributed by atoms with E-state index in [0.29, 0.717) is 10.7 Å². The molecule has 14 heteroatoms. The van der Waals surface area contributed by atoms with Crippen molar-refractivity contribution in [2.75, 3.05) is 18.1 Å². The number of carboxylic acids is 1. The van der Waals surface area contributed by atoms with Crippen molar-refractivity contribution in [1.29, 1.82) is 0 Å². The first kappa shape index (κ1) is 24.8. The lowest BCUT2D eigenvalue weighted by Crippen LogP contribution is -2.71. The predicted octanol–water partition coefficient (Wildman–Crippen LogP) is 1.96. The van der Waals surface area contributed by atoms with Gasteiger partial charge in [0.1, 0.15) is 23.7 Å². The highest BCUT2D eigenvalue weighted by Gasteiger charge is 2.54. The minimum absolute atomic E-state index is 0.0200. The molecule has 2 aliphatic rings. The quantitative estimate of drug-likeness (QED) is 0.247. The first-order valence-corrected chi connectivity index (χ1v) is 13.0. The van der Waals surface area contributed by atoms with E-state index in [9.17, 15) is 19.5 Å². The Morgan fingerprint density at radius 1 is 1.40 bits per heavy atom. The van der Waals surface area contributed by atoms with Gasteiger partial charge in [0.05, 0.1) is 0 Å². The number of aromatic nitrogens is 2. The summed E-state index contributed by atoms with van der Waals surface area (Å²) in [7, 11) is 0. The van der Waals surface area contributed by atoms with Crippen LogP contribution in [0.25, 0.3) is 6.08 Å². The molecule has 4 rings (SSSR count). The number of nitrogens with one attached hydrogen (secondary N) is 1. The number of anilines is 1. The second-order valence-corrected chi connectivity index (χ2v) is 9.97. The lowest BCUT2D eigenvalue weighted by molar-refractivity contribution is -0.150. The summed E-state index contributed by atoms with van der Waals surface area (Å²) in [6.45, 7) is 1.90. The number of aliphatic carboxylic acids is 1. The van der Waals surface area contributed by atoms with Crippen LogP contribution in [0.1, 0.15) is 18.3 Å². The SMILES string of the molecule is CCO/N=C(/C(=O)NC1C(=O)N2C(C(=O)O)=C(S/C=C\c3ccccc3)CS[C@H]12)c1nsc(N)n1. The van der Waals surface area contributed by atoms with E-state index in [0.717, 1.165) is 17.1 Å². The van der Waals surface area contributed by atoms with Crippen LogP contribution in [0.3, 0.4) is 0 Å². The molecule has 2 aromatic rings. The molecule has 4 N–H and O–H groups in total. The lowest BCUT2D eigenvalue weighted by Gasteiger charge is -2.49. The van der Waals surface area contributed by atoms with Crippen LogP contribution < -0.4 is 11.1 Å². The summed E-state index contributed by atoms with van der Waals surface area (Å²) in [5, 5.41) is 17.6. The summed E-state index contributed by atoms with van der Waals surface area (Å²) >= 11 is 3.51. The molecule has 0 spiro atoms. The lowest BCUT2D eigenvalue weighted by atomic mass is 10.0. The number of carbonyl (C=O) groups is 3. The van der Waals surface area contributed by atoms with Gasteiger partial charge >= 0.3 is 5.97 Å². The average molecular weight is 533 g/mol. The summed E-state index contributed by atoms with van der Waals surface area (Å²) in [6.07, 6.45) is 1.87. The molecule has 11 nitrogen and oxygen atoms in total. The number of fused-ring (bicyclic) bond motifs is 1. The fraction of sp³-hybridized carbons (Fsp3) is 0.238. The topological polar surface area (TPSA) is 160 Å². The standard InChI is InChI=1S/C21H20N6O5S3/c1-2-32-25-13(16-24-21(22)35-26-16)17(28)23-14-18(29)27-15(20(30)31)12(10-34-19(14)27)33-9-8-11-6-4-3-5-7-11/h3-9,14,19H,2,10H2,1H3,(H,23,28)(H,30,31)(H2,22,24,26)/b9-8-,25-13+/t14?,19-/m1/s1. The Hall–Kier alpha value is -3.36. The number of β-lactam (4-membered cyclic amide) rings is 1. The molecule has 0 radical (unpaired) electrons. The van der Waals surface area contributed by atoms with Crippen molar-refractivity contribution in [2.45, 2.75) is 18.3 Å². The minimum atomic E-state index is -1.20. The number of hydrogen-bond donors (Lipinski definition) is 3. The van der Waals surface area contributed by atoms with Crippen LogP contribution in [0.5, 0.6) is 0 Å². The first-order chi connectivity index (χ1) is 16.9. The molecule has 1 aromatic carbocycles. The molecular weight excluding hydrogens is 512 g/mol. The van der Waals surface area contributed by atoms with E-state index in [4.69, 9.17) is 10.6 Å². The van der Waals surface area contributed by atoms with Crippen LogP contribution in [0.2, 0.25) is 0 Å². The fourth-order valence-corrected chi connectivity index (χ4v) is 6.09. The maximum absolute atomic E-state index is 12.9. The van der Waals surface area contributed by atoms with Gasteiger partial charge in [0, 0.05) is 22.2 Å². The monoisotopic (exact) mass is 532 g/mol. The molecule has 2 amide bonds. The number of carboxylic acid groups (broad SMARTS) is 1. The highest BCUT2D eigenvalue weighted by molar-refractivity contribution is 8.08. The van der Waals surface area contributed by atoms with Crippen LogP contribution in [0, 0.1) is 0 Å². The molecule has 182 valence electrons. The fourth-order valence-electron chi connectivity index (χ4n) is 3.29. The third-order valence-electron chi connectivity index (χ3n) is 4.85. The van der Waals surface area contributed by atoms with E-state index in [2.05, 4.69) is 19.8 Å². The Morgan fingerprint density at radius 2 is 2.17 bits per heavy atom. The molecule has 0 aliphatic carbocycles. The summed E-state index contributed by atoms with van der Waals surface area (Å²) < 4.78 is 3.98. The van der Waals surface area contributed by atoms with E-state index in [-0.39, 0.29) is 29.0 Å². The molecular formula is C21H20N6O5S3. The summed E-state index contributed by atoms with van der Waals surface area (Å²) in [5.74, 6) is -2.10. The zero-order valence-electron chi connectivity index (χ0n) is 18.3. The van der Waals surface area contributed by atoms with Crippen molar-refractivity contribution >= 4 is 69.8 Å². The third kappa shape index (κ3) is 5.33. The zero-order chi connectivity index (χ0) is 24.9. The van der Waals surface area contributed by atoms with Crippen molar-refractivity contribution in [2.24, 2.45) is 5.16 Å². The smallest absolute Gasteiger partial charge is 0.353 e. The number of rotatable bonds is 9. The molecule has 1 unspecified atom stereocenters. The highest BCUT2D eigenvalue weighted by Crippen LogP contribution is 2.43. The number of nitrogens with zero attached hydrogens (tertiary/aromatic N) is 4. The molecule has 35 heavy (non-hydrogen) atoms. The number of oxime groups is 1. The van der Waals surface area contributed by atoms with Gasteiger partial charge in [0.2, 0.25) is 11.5 Å². The number of amides is 2. The van der Waals surface area contributed by atoms with Gasteiger partial charge < -0.3 is 21.0 Å². The summed E-state index contributed by atoms with van der Waals surface area (Å²) in [6, 6.07) is 8.65. The van der Waals surface area contributed by atoms with Crippen LogP contribution in [0.15, 0.2) is 51.5 Å². The van der Waals surface area contributed by atoms with Crippen molar-refractivity contribution in [3.05, 3.63) is 57.7 Å². The van der Waals surface area contributed by atoms with Gasteiger partial charge in [-0.25, -0.2) is 4.79 Å². The first-order valence-electron chi connectivity index (χ1n) is 10.3. The molecule has 2 aliphatic heterocycles. The van der Waals surface area contributed by atoms with Gasteiger partial charge in [-0.3, -0.25) is 14.5 Å². The molecule has 3 heterocycles. The van der Waals surface area contributed by atoms with E-state index in [1.165, 1.54) is 28.4 Å². The number of thioether (sulfide) groups is 2. The Bertz CT molecular complexity index is 1230. The van der Waals surface area contributed by atoms with Crippen molar-refractivity contribution < 1.29 is 24.3 Å². The molecule has 1 fully saturated rings. The molecule has 0 bridgehead atoms. The van der Waals surface area contributed by atoms with Crippen LogP contribution in [-0.4, -0.2) is 66.6 Å². The average Bonchev–Trinajstić information content (AvgIpc) is 3.28. The zero-order valence-corrected chi connectivity index (χ0v) is 20.7. The van der Waals surface area contributed by atoms with Crippen LogP contribution in [-0.2, 0) is 19.2 Å². The number of carbonyl (C=O) groups excluding carboxylic acids is 2. The van der Waals surface area contributed by atoms with Gasteiger partial charge in [-0.1, -0.05) is 47.2 Å². The largest absolute Gasteiger partial charge is 0.477 e. The Labute approximate surface area is 212 Å². The van der Waals surface area contributed by atoms with Crippen LogP contribution in [0.4, 0.5) is 5.13 Å². The van der Waals surface area contributed by atoms with Crippen molar-refractivity contribution in [3.8, 4) is 0 Å². The molecule has 0 saturated carbocycles. The van der Waals surface area contributed by atoms with Crippen LogP contribution >= 0.6 is 35.1 Å². The second kappa shape index (κ2) is 10.9. The maximum Gasteiger partial charge on any atom is 0.353 e. The van der Waals surface area contributed by atoms with Gasteiger partial charge in [0.25, 0.3) is 11.8 Å². The van der Waals surface area contributed by atoms with Gasteiger partial charge in [0.15, 0.2) is 5.13 Å². The summed E-state index contributed by atoms with van der Waals surface area (Å²) in [5.41, 5.74) is 6.28. The summed E-state index contributed by atoms with van der Waals surface area (Å²) in [4.78, 5) is 48.5. The number of benzene rings is 1. The normalized spacial score (nSPS) is 20.0. The minimum Gasteiger partial charge on any atom is -0.477 e. The van der Waals surface area contributed by atoms with E-state index in [1.54, 1.807) is 12.3 Å². The highest BCUT2D eigenvalue weighted by atomic mass is 32.2. The Balaban J connectivity index is 1.49. The van der Waals surface area contributed by atoms with Gasteiger partial charge in [-0.05, 0) is 24.0 Å². The number of nitrogen functional groups attached to an aromatic ring is 1. The molecule has 2 atom stereocenters. The van der Waals surface area contributed by atoms with Gasteiger partial charge in [-0.15, -0.1) is 11.8 Å².